The molecular formula is C18H22ClN3O3S. The summed E-state index contributed by atoms with van der Waals surface area (Å²) < 4.78 is 25.2. The molecule has 0 aliphatic rings. The van der Waals surface area contributed by atoms with Gasteiger partial charge in [0.2, 0.25) is 15.9 Å². The van der Waals surface area contributed by atoms with Crippen molar-refractivity contribution in [1.29, 1.82) is 0 Å². The van der Waals surface area contributed by atoms with Gasteiger partial charge in [0.05, 0.1) is 5.92 Å². The van der Waals surface area contributed by atoms with Crippen LogP contribution in [0, 0.1) is 5.92 Å². The highest BCUT2D eigenvalue weighted by molar-refractivity contribution is 7.89. The van der Waals surface area contributed by atoms with E-state index in [2.05, 4.69) is 10.3 Å². The Bertz CT molecular complexity index is 881. The molecule has 2 rings (SSSR count). The van der Waals surface area contributed by atoms with Gasteiger partial charge in [-0.3, -0.25) is 4.79 Å². The predicted molar refractivity (Wildman–Crippen MR) is 103 cm³/mol. The van der Waals surface area contributed by atoms with Gasteiger partial charge in [-0.1, -0.05) is 37.6 Å². The number of pyridine rings is 1. The molecule has 1 heterocycles. The van der Waals surface area contributed by atoms with Crippen molar-refractivity contribution in [2.45, 2.75) is 24.7 Å². The number of hydrogen-bond acceptors (Lipinski definition) is 4. The highest BCUT2D eigenvalue weighted by atomic mass is 35.5. The van der Waals surface area contributed by atoms with Crippen molar-refractivity contribution in [2.24, 2.45) is 5.92 Å². The van der Waals surface area contributed by atoms with E-state index in [1.54, 1.807) is 18.2 Å². The molecule has 1 aromatic carbocycles. The second-order valence-electron chi connectivity index (χ2n) is 6.43. The first-order valence-corrected chi connectivity index (χ1v) is 9.89. The van der Waals surface area contributed by atoms with Crippen LogP contribution in [0.15, 0.2) is 47.5 Å². The van der Waals surface area contributed by atoms with Crippen molar-refractivity contribution in [2.75, 3.05) is 19.4 Å². The molecule has 0 spiro atoms. The maximum Gasteiger partial charge on any atom is 0.244 e. The lowest BCUT2D eigenvalue weighted by molar-refractivity contribution is -0.118. The van der Waals surface area contributed by atoms with E-state index < -0.39 is 15.9 Å². The third-order valence-electron chi connectivity index (χ3n) is 3.92. The lowest BCUT2D eigenvalue weighted by Gasteiger charge is -2.21. The standard InChI is InChI=1S/C18H22ClN3O3S/c1-12(2)17(13-6-5-7-14(19)10-13)18(23)21-16-9-8-15(11-20-16)26(24,25)22(3)4/h5-12,17H,1-4H3,(H,20,21,23). The van der Waals surface area contributed by atoms with Crippen LogP contribution in [-0.4, -0.2) is 37.7 Å². The summed E-state index contributed by atoms with van der Waals surface area (Å²) in [5.74, 6) is -0.291. The van der Waals surface area contributed by atoms with Gasteiger partial charge in [-0.05, 0) is 35.7 Å². The minimum Gasteiger partial charge on any atom is -0.310 e. The van der Waals surface area contributed by atoms with Crippen molar-refractivity contribution >= 4 is 33.3 Å². The number of nitrogens with zero attached hydrogens (tertiary/aromatic N) is 2. The third kappa shape index (κ3) is 4.60. The van der Waals surface area contributed by atoms with Gasteiger partial charge < -0.3 is 5.32 Å². The SMILES string of the molecule is CC(C)C(C(=O)Nc1ccc(S(=O)(=O)N(C)C)cn1)c1cccc(Cl)c1. The van der Waals surface area contributed by atoms with E-state index in [4.69, 9.17) is 11.6 Å². The van der Waals surface area contributed by atoms with Crippen LogP contribution in [0.5, 0.6) is 0 Å². The first-order chi connectivity index (χ1) is 12.1. The number of aromatic nitrogens is 1. The van der Waals surface area contributed by atoms with E-state index in [-0.39, 0.29) is 16.7 Å². The Balaban J connectivity index is 2.22. The van der Waals surface area contributed by atoms with Crippen LogP contribution >= 0.6 is 11.6 Å². The number of carbonyl (C=O) groups excluding carboxylic acids is 1. The number of hydrogen-bond donors (Lipinski definition) is 1. The van der Waals surface area contributed by atoms with Crippen LogP contribution in [0.1, 0.15) is 25.3 Å². The maximum absolute atomic E-state index is 12.7. The topological polar surface area (TPSA) is 79.4 Å². The van der Waals surface area contributed by atoms with Gasteiger partial charge >= 0.3 is 0 Å². The molecule has 0 aliphatic carbocycles. The first kappa shape index (κ1) is 20.4. The lowest BCUT2D eigenvalue weighted by atomic mass is 9.87. The monoisotopic (exact) mass is 395 g/mol. The smallest absolute Gasteiger partial charge is 0.244 e. The Labute approximate surface area is 159 Å². The second-order valence-corrected chi connectivity index (χ2v) is 9.02. The van der Waals surface area contributed by atoms with Crippen LogP contribution in [0.4, 0.5) is 5.82 Å². The van der Waals surface area contributed by atoms with E-state index in [0.29, 0.717) is 10.8 Å². The minimum atomic E-state index is -3.56. The predicted octanol–water partition coefficient (Wildman–Crippen LogP) is 3.36. The summed E-state index contributed by atoms with van der Waals surface area (Å²) in [7, 11) is -0.661. The van der Waals surface area contributed by atoms with Gasteiger partial charge in [-0.2, -0.15) is 0 Å². The fraction of sp³-hybridized carbons (Fsp3) is 0.333. The van der Waals surface area contributed by atoms with Crippen molar-refractivity contribution < 1.29 is 13.2 Å². The molecule has 0 saturated heterocycles. The van der Waals surface area contributed by atoms with E-state index in [1.165, 1.54) is 32.4 Å². The van der Waals surface area contributed by atoms with Crippen molar-refractivity contribution in [3.8, 4) is 0 Å². The Morgan fingerprint density at radius 1 is 1.19 bits per heavy atom. The number of amides is 1. The zero-order valence-electron chi connectivity index (χ0n) is 15.1. The molecule has 1 aromatic heterocycles. The quantitative estimate of drug-likeness (QED) is 0.813. The van der Waals surface area contributed by atoms with E-state index in [0.717, 1.165) is 9.87 Å². The lowest BCUT2D eigenvalue weighted by Crippen LogP contribution is -2.26. The van der Waals surface area contributed by atoms with Gasteiger partial charge in [0.15, 0.2) is 0 Å². The zero-order valence-corrected chi connectivity index (χ0v) is 16.7. The molecule has 1 N–H and O–H groups in total. The average molecular weight is 396 g/mol. The molecule has 1 amide bonds. The summed E-state index contributed by atoms with van der Waals surface area (Å²) in [5.41, 5.74) is 0.816. The molecule has 0 fully saturated rings. The highest BCUT2D eigenvalue weighted by Crippen LogP contribution is 2.28. The number of halogens is 1. The normalized spacial score (nSPS) is 13.0. The Hall–Kier alpha value is -1.96. The molecule has 140 valence electrons. The van der Waals surface area contributed by atoms with Crippen LogP contribution in [-0.2, 0) is 14.8 Å². The summed E-state index contributed by atoms with van der Waals surface area (Å²) >= 11 is 6.04. The highest BCUT2D eigenvalue weighted by Gasteiger charge is 2.25. The average Bonchev–Trinajstić information content (AvgIpc) is 2.55. The van der Waals surface area contributed by atoms with Crippen LogP contribution in [0.3, 0.4) is 0 Å². The molecular weight excluding hydrogens is 374 g/mol. The number of sulfonamides is 1. The van der Waals surface area contributed by atoms with Gasteiger partial charge in [-0.25, -0.2) is 17.7 Å². The molecule has 1 atom stereocenters. The zero-order chi connectivity index (χ0) is 19.5. The molecule has 0 aliphatic heterocycles. The van der Waals surface area contributed by atoms with Crippen molar-refractivity contribution in [3.05, 3.63) is 53.2 Å². The van der Waals surface area contributed by atoms with Crippen LogP contribution in [0.2, 0.25) is 5.02 Å². The summed E-state index contributed by atoms with van der Waals surface area (Å²) in [4.78, 5) is 16.9. The Morgan fingerprint density at radius 3 is 2.38 bits per heavy atom. The molecule has 6 nitrogen and oxygen atoms in total. The molecule has 0 saturated carbocycles. The minimum absolute atomic E-state index is 0.0434. The van der Waals surface area contributed by atoms with E-state index in [1.807, 2.05) is 19.9 Å². The summed E-state index contributed by atoms with van der Waals surface area (Å²) in [5, 5.41) is 3.31. The molecule has 2 aromatic rings. The fourth-order valence-electron chi connectivity index (χ4n) is 2.56. The largest absolute Gasteiger partial charge is 0.310 e. The second kappa shape index (κ2) is 8.16. The number of nitrogens with one attached hydrogen (secondary N) is 1. The summed E-state index contributed by atoms with van der Waals surface area (Å²) in [6.45, 7) is 3.90. The van der Waals surface area contributed by atoms with Gasteiger partial charge in [0, 0.05) is 25.3 Å². The number of benzene rings is 1. The molecule has 26 heavy (non-hydrogen) atoms. The van der Waals surface area contributed by atoms with Gasteiger partial charge in [0.25, 0.3) is 0 Å². The third-order valence-corrected chi connectivity index (χ3v) is 5.96. The first-order valence-electron chi connectivity index (χ1n) is 8.08. The molecule has 0 radical (unpaired) electrons. The number of rotatable bonds is 6. The number of carbonyl (C=O) groups is 1. The van der Waals surface area contributed by atoms with Crippen LogP contribution < -0.4 is 5.32 Å². The molecule has 1 unspecified atom stereocenters. The van der Waals surface area contributed by atoms with Crippen molar-refractivity contribution in [1.82, 2.24) is 9.29 Å². The van der Waals surface area contributed by atoms with Gasteiger partial charge in [0.1, 0.15) is 10.7 Å². The Kier molecular flexibility index (Phi) is 6.39. The van der Waals surface area contributed by atoms with E-state index in [9.17, 15) is 13.2 Å². The maximum atomic E-state index is 12.7. The molecule has 0 bridgehead atoms. The van der Waals surface area contributed by atoms with Gasteiger partial charge in [-0.15, -0.1) is 0 Å². The van der Waals surface area contributed by atoms with E-state index >= 15 is 0 Å². The fourth-order valence-corrected chi connectivity index (χ4v) is 3.61. The van der Waals surface area contributed by atoms with Crippen LogP contribution in [0.25, 0.3) is 0 Å². The van der Waals surface area contributed by atoms with Crippen molar-refractivity contribution in [3.63, 3.8) is 0 Å². The summed E-state index contributed by atoms with van der Waals surface area (Å²) in [6.07, 6.45) is 1.23. The number of anilines is 1. The Morgan fingerprint density at radius 2 is 1.88 bits per heavy atom. The molecule has 8 heteroatoms. The summed E-state index contributed by atoms with van der Waals surface area (Å²) in [6, 6.07) is 10.1.